The van der Waals surface area contributed by atoms with Crippen molar-refractivity contribution >= 4 is 44.6 Å². The van der Waals surface area contributed by atoms with Crippen molar-refractivity contribution in [2.45, 2.75) is 18.4 Å². The fourth-order valence-corrected chi connectivity index (χ4v) is 4.58. The quantitative estimate of drug-likeness (QED) is 0.554. The van der Waals surface area contributed by atoms with Crippen LogP contribution in [0.1, 0.15) is 27.2 Å². The van der Waals surface area contributed by atoms with Gasteiger partial charge in [0.25, 0.3) is 5.91 Å². The van der Waals surface area contributed by atoms with Gasteiger partial charge in [-0.1, -0.05) is 52.3 Å². The summed E-state index contributed by atoms with van der Waals surface area (Å²) in [4.78, 5) is 28.0. The molecular formula is C22H18BrNO3S. The third kappa shape index (κ3) is 3.43. The number of anilines is 1. The lowest BCUT2D eigenvalue weighted by Crippen LogP contribution is -2.42. The second-order valence-electron chi connectivity index (χ2n) is 6.79. The third-order valence-electron chi connectivity index (χ3n) is 4.97. The lowest BCUT2D eigenvalue weighted by Gasteiger charge is -2.22. The molecule has 28 heavy (non-hydrogen) atoms. The summed E-state index contributed by atoms with van der Waals surface area (Å²) in [7, 11) is 0. The fraction of sp³-hybridized carbons (Fsp3) is 0.182. The Balaban J connectivity index is 1.65. The smallest absolute Gasteiger partial charge is 0.264 e. The van der Waals surface area contributed by atoms with Crippen LogP contribution in [0.3, 0.4) is 0 Å². The molecule has 0 radical (unpaired) electrons. The number of Topliss-reactive ketones (excluding diaryl/α,β-unsaturated/α-hetero) is 1. The molecule has 0 bridgehead atoms. The van der Waals surface area contributed by atoms with Crippen LogP contribution in [0.5, 0.6) is 0 Å². The molecule has 0 aliphatic carbocycles. The molecule has 142 valence electrons. The number of ketones is 1. The Kier molecular flexibility index (Phi) is 5.19. The van der Waals surface area contributed by atoms with Crippen LogP contribution in [0.25, 0.3) is 0 Å². The highest BCUT2D eigenvalue weighted by molar-refractivity contribution is 9.10. The van der Waals surface area contributed by atoms with Gasteiger partial charge in [0.15, 0.2) is 11.4 Å². The van der Waals surface area contributed by atoms with Gasteiger partial charge in [-0.3, -0.25) is 9.59 Å². The summed E-state index contributed by atoms with van der Waals surface area (Å²) < 4.78 is 0.756. The molecule has 1 amide bonds. The lowest BCUT2D eigenvalue weighted by molar-refractivity contribution is -0.135. The Labute approximate surface area is 175 Å². The standard InChI is InChI=1S/C22H18BrNO3S/c23-16-8-9-18-17(13-16)22(27,14-19(25)20-7-4-12-28-20)21(26)24(18)11-10-15-5-2-1-3-6-15/h1-9,12-13,27H,10-11,14H2/t22-/m1/s1. The molecule has 4 nitrogen and oxygen atoms in total. The van der Waals surface area contributed by atoms with Crippen LogP contribution in [-0.4, -0.2) is 23.3 Å². The first-order valence-electron chi connectivity index (χ1n) is 8.94. The molecule has 1 aromatic heterocycles. The second-order valence-corrected chi connectivity index (χ2v) is 8.65. The monoisotopic (exact) mass is 455 g/mol. The molecular weight excluding hydrogens is 438 g/mol. The highest BCUT2D eigenvalue weighted by Gasteiger charge is 2.50. The van der Waals surface area contributed by atoms with E-state index in [1.807, 2.05) is 47.8 Å². The molecule has 0 unspecified atom stereocenters. The first-order valence-corrected chi connectivity index (χ1v) is 10.6. The Morgan fingerprint density at radius 1 is 1.11 bits per heavy atom. The zero-order chi connectivity index (χ0) is 19.7. The maximum Gasteiger partial charge on any atom is 0.264 e. The molecule has 1 atom stereocenters. The van der Waals surface area contributed by atoms with Crippen LogP contribution in [0.2, 0.25) is 0 Å². The highest BCUT2D eigenvalue weighted by atomic mass is 79.9. The zero-order valence-corrected chi connectivity index (χ0v) is 17.4. The van der Waals surface area contributed by atoms with E-state index in [1.165, 1.54) is 11.3 Å². The van der Waals surface area contributed by atoms with Crippen molar-refractivity contribution in [3.63, 3.8) is 0 Å². The summed E-state index contributed by atoms with van der Waals surface area (Å²) in [5, 5.41) is 13.2. The zero-order valence-electron chi connectivity index (χ0n) is 15.0. The minimum Gasteiger partial charge on any atom is -0.375 e. The largest absolute Gasteiger partial charge is 0.375 e. The van der Waals surface area contributed by atoms with Gasteiger partial charge in [-0.05, 0) is 41.6 Å². The minimum atomic E-state index is -1.85. The molecule has 2 aromatic carbocycles. The number of amides is 1. The number of carbonyl (C=O) groups is 2. The van der Waals surface area contributed by atoms with Crippen molar-refractivity contribution in [3.8, 4) is 0 Å². The number of hydrogen-bond acceptors (Lipinski definition) is 4. The average Bonchev–Trinajstić information content (AvgIpc) is 3.30. The van der Waals surface area contributed by atoms with Gasteiger partial charge in [0, 0.05) is 16.6 Å². The minimum absolute atomic E-state index is 0.235. The number of nitrogens with zero attached hydrogens (tertiary/aromatic N) is 1. The van der Waals surface area contributed by atoms with E-state index in [-0.39, 0.29) is 12.2 Å². The summed E-state index contributed by atoms with van der Waals surface area (Å²) in [5.74, 6) is -0.678. The predicted molar refractivity (Wildman–Crippen MR) is 114 cm³/mol. The van der Waals surface area contributed by atoms with Crippen molar-refractivity contribution in [1.82, 2.24) is 0 Å². The molecule has 0 saturated heterocycles. The number of carbonyl (C=O) groups excluding carboxylic acids is 2. The number of fused-ring (bicyclic) bond motifs is 1. The molecule has 2 heterocycles. The molecule has 0 spiro atoms. The van der Waals surface area contributed by atoms with E-state index in [0.29, 0.717) is 29.1 Å². The highest BCUT2D eigenvalue weighted by Crippen LogP contribution is 2.44. The van der Waals surface area contributed by atoms with Crippen molar-refractivity contribution < 1.29 is 14.7 Å². The summed E-state index contributed by atoms with van der Waals surface area (Å²) in [5.41, 5.74) is 0.395. The average molecular weight is 456 g/mol. The van der Waals surface area contributed by atoms with Gasteiger partial charge in [0.05, 0.1) is 17.0 Å². The predicted octanol–water partition coefficient (Wildman–Crippen LogP) is 4.56. The number of rotatable bonds is 6. The van der Waals surface area contributed by atoms with Gasteiger partial charge in [-0.25, -0.2) is 0 Å². The van der Waals surface area contributed by atoms with Gasteiger partial charge in [0.2, 0.25) is 0 Å². The van der Waals surface area contributed by atoms with E-state index >= 15 is 0 Å². The molecule has 4 rings (SSSR count). The van der Waals surface area contributed by atoms with E-state index in [4.69, 9.17) is 0 Å². The van der Waals surface area contributed by atoms with Crippen LogP contribution < -0.4 is 4.90 Å². The van der Waals surface area contributed by atoms with Gasteiger partial charge in [-0.2, -0.15) is 0 Å². The van der Waals surface area contributed by atoms with Crippen LogP contribution in [0.4, 0.5) is 5.69 Å². The number of hydrogen-bond donors (Lipinski definition) is 1. The first-order chi connectivity index (χ1) is 13.5. The number of thiophene rings is 1. The van der Waals surface area contributed by atoms with Crippen molar-refractivity contribution in [1.29, 1.82) is 0 Å². The summed E-state index contributed by atoms with van der Waals surface area (Å²) >= 11 is 4.73. The summed E-state index contributed by atoms with van der Waals surface area (Å²) in [6.45, 7) is 0.437. The number of halogens is 1. The van der Waals surface area contributed by atoms with Crippen LogP contribution in [0, 0.1) is 0 Å². The SMILES string of the molecule is O=C(C[C@]1(O)C(=O)N(CCc2ccccc2)c2ccc(Br)cc21)c1cccs1. The van der Waals surface area contributed by atoms with Crippen LogP contribution in [-0.2, 0) is 16.8 Å². The number of benzene rings is 2. The fourth-order valence-electron chi connectivity index (χ4n) is 3.56. The van der Waals surface area contributed by atoms with E-state index in [0.717, 1.165) is 10.0 Å². The topological polar surface area (TPSA) is 57.6 Å². The van der Waals surface area contributed by atoms with Crippen molar-refractivity contribution in [2.75, 3.05) is 11.4 Å². The molecule has 6 heteroatoms. The molecule has 0 saturated carbocycles. The number of aliphatic hydroxyl groups is 1. The van der Waals surface area contributed by atoms with E-state index < -0.39 is 11.5 Å². The maximum absolute atomic E-state index is 13.2. The molecule has 1 aliphatic heterocycles. The Morgan fingerprint density at radius 3 is 2.61 bits per heavy atom. The Bertz CT molecular complexity index is 1020. The maximum atomic E-state index is 13.2. The molecule has 3 aromatic rings. The Hall–Kier alpha value is -2.28. The molecule has 1 aliphatic rings. The van der Waals surface area contributed by atoms with E-state index in [2.05, 4.69) is 15.9 Å². The first kappa shape index (κ1) is 19.1. The lowest BCUT2D eigenvalue weighted by atomic mass is 9.89. The normalized spacial score (nSPS) is 18.4. The van der Waals surface area contributed by atoms with Crippen molar-refractivity contribution in [3.05, 3.63) is 86.5 Å². The van der Waals surface area contributed by atoms with E-state index in [9.17, 15) is 14.7 Å². The second kappa shape index (κ2) is 7.62. The van der Waals surface area contributed by atoms with Gasteiger partial charge >= 0.3 is 0 Å². The van der Waals surface area contributed by atoms with Crippen LogP contribution >= 0.6 is 27.3 Å². The van der Waals surface area contributed by atoms with Gasteiger partial charge in [-0.15, -0.1) is 11.3 Å². The van der Waals surface area contributed by atoms with Gasteiger partial charge < -0.3 is 10.0 Å². The van der Waals surface area contributed by atoms with Gasteiger partial charge in [0.1, 0.15) is 0 Å². The molecule has 1 N–H and O–H groups in total. The van der Waals surface area contributed by atoms with Crippen molar-refractivity contribution in [2.24, 2.45) is 0 Å². The third-order valence-corrected chi connectivity index (χ3v) is 6.38. The molecule has 0 fully saturated rings. The van der Waals surface area contributed by atoms with E-state index in [1.54, 1.807) is 23.1 Å². The summed E-state index contributed by atoms with van der Waals surface area (Å²) in [6.07, 6.45) is 0.397. The summed E-state index contributed by atoms with van der Waals surface area (Å²) in [6, 6.07) is 18.8. The van der Waals surface area contributed by atoms with Crippen LogP contribution in [0.15, 0.2) is 70.5 Å². The Morgan fingerprint density at radius 2 is 1.89 bits per heavy atom.